The van der Waals surface area contributed by atoms with Gasteiger partial charge in [0.05, 0.1) is 6.61 Å². The van der Waals surface area contributed by atoms with Gasteiger partial charge in [0.15, 0.2) is 0 Å². The molecule has 0 saturated carbocycles. The Hall–Kier alpha value is -0.440. The van der Waals surface area contributed by atoms with Gasteiger partial charge in [-0.1, -0.05) is 30.1 Å². The maximum absolute atomic E-state index is 5.84. The van der Waals surface area contributed by atoms with E-state index in [9.17, 15) is 0 Å². The SMILES string of the molecule is CCNCCCOc1cc(Cl)cc(Cl)c1. The van der Waals surface area contributed by atoms with E-state index in [0.717, 1.165) is 25.3 Å². The zero-order valence-corrected chi connectivity index (χ0v) is 10.2. The van der Waals surface area contributed by atoms with Gasteiger partial charge >= 0.3 is 0 Å². The van der Waals surface area contributed by atoms with Crippen molar-refractivity contribution < 1.29 is 4.74 Å². The molecule has 0 spiro atoms. The summed E-state index contributed by atoms with van der Waals surface area (Å²) in [5.74, 6) is 0.726. The van der Waals surface area contributed by atoms with E-state index in [4.69, 9.17) is 27.9 Å². The van der Waals surface area contributed by atoms with Crippen LogP contribution in [-0.4, -0.2) is 19.7 Å². The maximum atomic E-state index is 5.84. The van der Waals surface area contributed by atoms with E-state index in [0.29, 0.717) is 16.7 Å². The lowest BCUT2D eigenvalue weighted by Crippen LogP contribution is -2.16. The number of hydrogen-bond acceptors (Lipinski definition) is 2. The van der Waals surface area contributed by atoms with Crippen LogP contribution >= 0.6 is 23.2 Å². The van der Waals surface area contributed by atoms with Gasteiger partial charge in [0, 0.05) is 10.0 Å². The highest BCUT2D eigenvalue weighted by atomic mass is 35.5. The van der Waals surface area contributed by atoms with Crippen LogP contribution in [0, 0.1) is 0 Å². The van der Waals surface area contributed by atoms with Gasteiger partial charge in [0.1, 0.15) is 5.75 Å². The van der Waals surface area contributed by atoms with Gasteiger partial charge in [-0.3, -0.25) is 0 Å². The van der Waals surface area contributed by atoms with Gasteiger partial charge in [0.25, 0.3) is 0 Å². The molecule has 0 aliphatic heterocycles. The third-order valence-electron chi connectivity index (χ3n) is 1.85. The molecule has 0 aliphatic carbocycles. The van der Waals surface area contributed by atoms with Gasteiger partial charge in [-0.2, -0.15) is 0 Å². The first-order valence-corrected chi connectivity index (χ1v) is 5.77. The lowest BCUT2D eigenvalue weighted by Gasteiger charge is -2.07. The van der Waals surface area contributed by atoms with E-state index in [1.807, 2.05) is 0 Å². The van der Waals surface area contributed by atoms with Crippen LogP contribution < -0.4 is 10.1 Å². The fraction of sp³-hybridized carbons (Fsp3) is 0.455. The van der Waals surface area contributed by atoms with Crippen molar-refractivity contribution in [2.75, 3.05) is 19.7 Å². The first kappa shape index (κ1) is 12.6. The van der Waals surface area contributed by atoms with Crippen molar-refractivity contribution in [1.29, 1.82) is 0 Å². The highest BCUT2D eigenvalue weighted by Crippen LogP contribution is 2.24. The van der Waals surface area contributed by atoms with Gasteiger partial charge < -0.3 is 10.1 Å². The molecule has 15 heavy (non-hydrogen) atoms. The first-order valence-electron chi connectivity index (χ1n) is 5.02. The second kappa shape index (κ2) is 6.94. The minimum absolute atomic E-state index is 0.601. The Morgan fingerprint density at radius 1 is 1.20 bits per heavy atom. The number of nitrogens with one attached hydrogen (secondary N) is 1. The summed E-state index contributed by atoms with van der Waals surface area (Å²) >= 11 is 11.7. The molecule has 1 rings (SSSR count). The Balaban J connectivity index is 2.31. The first-order chi connectivity index (χ1) is 7.22. The monoisotopic (exact) mass is 247 g/mol. The van der Waals surface area contributed by atoms with Gasteiger partial charge in [0.2, 0.25) is 0 Å². The smallest absolute Gasteiger partial charge is 0.122 e. The molecule has 84 valence electrons. The number of hydrogen-bond donors (Lipinski definition) is 1. The zero-order valence-electron chi connectivity index (χ0n) is 8.72. The van der Waals surface area contributed by atoms with Crippen LogP contribution in [0.5, 0.6) is 5.75 Å². The largest absolute Gasteiger partial charge is 0.493 e. The van der Waals surface area contributed by atoms with Crippen molar-refractivity contribution in [2.24, 2.45) is 0 Å². The van der Waals surface area contributed by atoms with Gasteiger partial charge in [-0.05, 0) is 37.7 Å². The number of rotatable bonds is 6. The Bertz CT molecular complexity index is 284. The highest BCUT2D eigenvalue weighted by molar-refractivity contribution is 6.34. The molecule has 0 atom stereocenters. The predicted molar refractivity (Wildman–Crippen MR) is 65.1 cm³/mol. The lowest BCUT2D eigenvalue weighted by atomic mass is 10.3. The summed E-state index contributed by atoms with van der Waals surface area (Å²) in [5.41, 5.74) is 0. The summed E-state index contributed by atoms with van der Waals surface area (Å²) in [4.78, 5) is 0. The van der Waals surface area contributed by atoms with E-state index in [-0.39, 0.29) is 0 Å². The summed E-state index contributed by atoms with van der Waals surface area (Å²) in [7, 11) is 0. The Kier molecular flexibility index (Phi) is 5.84. The van der Waals surface area contributed by atoms with Crippen LogP contribution in [-0.2, 0) is 0 Å². The van der Waals surface area contributed by atoms with E-state index >= 15 is 0 Å². The minimum Gasteiger partial charge on any atom is -0.493 e. The average Bonchev–Trinajstić information content (AvgIpc) is 2.16. The average molecular weight is 248 g/mol. The van der Waals surface area contributed by atoms with Crippen LogP contribution in [0.3, 0.4) is 0 Å². The van der Waals surface area contributed by atoms with Crippen molar-refractivity contribution >= 4 is 23.2 Å². The normalized spacial score (nSPS) is 10.3. The Morgan fingerprint density at radius 2 is 1.87 bits per heavy atom. The second-order valence-electron chi connectivity index (χ2n) is 3.16. The second-order valence-corrected chi connectivity index (χ2v) is 4.03. The Labute approximate surface area is 101 Å². The molecule has 0 fully saturated rings. The number of benzene rings is 1. The molecule has 1 aromatic carbocycles. The van der Waals surface area contributed by atoms with Crippen molar-refractivity contribution in [1.82, 2.24) is 5.32 Å². The van der Waals surface area contributed by atoms with Crippen LogP contribution in [0.15, 0.2) is 18.2 Å². The fourth-order valence-corrected chi connectivity index (χ4v) is 1.68. The number of ether oxygens (including phenoxy) is 1. The quantitative estimate of drug-likeness (QED) is 0.779. The molecule has 1 N–H and O–H groups in total. The van der Waals surface area contributed by atoms with Crippen molar-refractivity contribution in [3.05, 3.63) is 28.2 Å². The van der Waals surface area contributed by atoms with Crippen molar-refractivity contribution in [3.8, 4) is 5.75 Å². The highest BCUT2D eigenvalue weighted by Gasteiger charge is 1.98. The molecule has 0 bridgehead atoms. The van der Waals surface area contributed by atoms with E-state index in [2.05, 4.69) is 12.2 Å². The van der Waals surface area contributed by atoms with Crippen molar-refractivity contribution in [2.45, 2.75) is 13.3 Å². The third kappa shape index (κ3) is 5.26. The molecule has 0 aliphatic rings. The molecule has 4 heteroatoms. The molecule has 0 amide bonds. The molecular formula is C11H15Cl2NO. The molecule has 0 saturated heterocycles. The predicted octanol–water partition coefficient (Wildman–Crippen LogP) is 3.37. The molecule has 0 radical (unpaired) electrons. The van der Waals surface area contributed by atoms with E-state index < -0.39 is 0 Å². The standard InChI is InChI=1S/C11H15Cl2NO/c1-2-14-4-3-5-15-11-7-9(12)6-10(13)8-11/h6-8,14H,2-5H2,1H3. The molecule has 2 nitrogen and oxygen atoms in total. The summed E-state index contributed by atoms with van der Waals surface area (Å²) in [6.07, 6.45) is 0.970. The maximum Gasteiger partial charge on any atom is 0.122 e. The van der Waals surface area contributed by atoms with Crippen LogP contribution in [0.1, 0.15) is 13.3 Å². The topological polar surface area (TPSA) is 21.3 Å². The molecule has 0 heterocycles. The molecular weight excluding hydrogens is 233 g/mol. The van der Waals surface area contributed by atoms with Crippen molar-refractivity contribution in [3.63, 3.8) is 0 Å². The minimum atomic E-state index is 0.601. The summed E-state index contributed by atoms with van der Waals surface area (Å²) in [5, 5.41) is 4.43. The summed E-state index contributed by atoms with van der Waals surface area (Å²) < 4.78 is 5.51. The third-order valence-corrected chi connectivity index (χ3v) is 2.29. The molecule has 0 unspecified atom stereocenters. The Morgan fingerprint density at radius 3 is 2.47 bits per heavy atom. The van der Waals surface area contributed by atoms with E-state index in [1.165, 1.54) is 0 Å². The van der Waals surface area contributed by atoms with Gasteiger partial charge in [-0.25, -0.2) is 0 Å². The lowest BCUT2D eigenvalue weighted by molar-refractivity contribution is 0.309. The summed E-state index contributed by atoms with van der Waals surface area (Å²) in [6, 6.07) is 5.22. The summed E-state index contributed by atoms with van der Waals surface area (Å²) in [6.45, 7) is 4.70. The molecule has 0 aromatic heterocycles. The van der Waals surface area contributed by atoms with Crippen LogP contribution in [0.25, 0.3) is 0 Å². The molecule has 1 aromatic rings. The van der Waals surface area contributed by atoms with Gasteiger partial charge in [-0.15, -0.1) is 0 Å². The zero-order chi connectivity index (χ0) is 11.1. The fourth-order valence-electron chi connectivity index (χ4n) is 1.18. The van der Waals surface area contributed by atoms with Crippen LogP contribution in [0.4, 0.5) is 0 Å². The van der Waals surface area contributed by atoms with Crippen LogP contribution in [0.2, 0.25) is 10.0 Å². The number of halogens is 2. The van der Waals surface area contributed by atoms with E-state index in [1.54, 1.807) is 18.2 Å².